The van der Waals surface area contributed by atoms with Gasteiger partial charge in [0.1, 0.15) is 6.29 Å². The van der Waals surface area contributed by atoms with Crippen LogP contribution in [-0.4, -0.2) is 47.8 Å². The molecule has 0 N–H and O–H groups in total. The summed E-state index contributed by atoms with van der Waals surface area (Å²) in [7, 11) is 0. The van der Waals surface area contributed by atoms with Gasteiger partial charge in [0.25, 0.3) is 0 Å². The van der Waals surface area contributed by atoms with Crippen molar-refractivity contribution in [3.8, 4) is 11.4 Å². The average Bonchev–Trinajstić information content (AvgIpc) is 2.60. The molecule has 0 saturated carbocycles. The number of anilines is 1. The first-order chi connectivity index (χ1) is 11.6. The van der Waals surface area contributed by atoms with Crippen LogP contribution in [0.1, 0.15) is 34.6 Å². The van der Waals surface area contributed by atoms with Gasteiger partial charge in [-0.05, 0) is 32.0 Å². The molecular weight excluding hydrogens is 306 g/mol. The molecule has 3 rings (SSSR count). The van der Waals surface area contributed by atoms with E-state index >= 15 is 0 Å². The van der Waals surface area contributed by atoms with Crippen molar-refractivity contribution < 1.29 is 14.3 Å². The molecule has 0 aromatic carbocycles. The summed E-state index contributed by atoms with van der Waals surface area (Å²) < 4.78 is 5.74. The van der Waals surface area contributed by atoms with E-state index in [2.05, 4.69) is 14.9 Å². The van der Waals surface area contributed by atoms with Crippen molar-refractivity contribution >= 4 is 18.3 Å². The van der Waals surface area contributed by atoms with E-state index in [1.807, 2.05) is 13.8 Å². The normalized spacial score (nSPS) is 20.7. The van der Waals surface area contributed by atoms with Crippen LogP contribution in [0, 0.1) is 0 Å². The van der Waals surface area contributed by atoms with Gasteiger partial charge in [-0.1, -0.05) is 0 Å². The second-order valence-electron chi connectivity index (χ2n) is 6.00. The van der Waals surface area contributed by atoms with Gasteiger partial charge in [0.15, 0.2) is 6.29 Å². The molecule has 2 aromatic rings. The van der Waals surface area contributed by atoms with Crippen molar-refractivity contribution in [3.05, 3.63) is 41.7 Å². The second-order valence-corrected chi connectivity index (χ2v) is 6.00. The molecule has 3 heterocycles. The Morgan fingerprint density at radius 3 is 2.46 bits per heavy atom. The number of pyridine rings is 2. The predicted octanol–water partition coefficient (Wildman–Crippen LogP) is 2.38. The molecule has 6 nitrogen and oxygen atoms in total. The van der Waals surface area contributed by atoms with E-state index in [1.54, 1.807) is 30.6 Å². The van der Waals surface area contributed by atoms with E-state index in [1.165, 1.54) is 0 Å². The Bertz CT molecular complexity index is 753. The quantitative estimate of drug-likeness (QED) is 0.804. The second kappa shape index (κ2) is 6.88. The minimum absolute atomic E-state index is 0.0962. The summed E-state index contributed by atoms with van der Waals surface area (Å²) in [5.74, 6) is 0. The van der Waals surface area contributed by atoms with Crippen molar-refractivity contribution in [2.45, 2.75) is 26.1 Å². The van der Waals surface area contributed by atoms with Crippen LogP contribution in [0.4, 0.5) is 5.69 Å². The minimum Gasteiger partial charge on any atom is -0.372 e. The third kappa shape index (κ3) is 3.33. The lowest BCUT2D eigenvalue weighted by Crippen LogP contribution is -2.45. The van der Waals surface area contributed by atoms with Crippen LogP contribution in [0.2, 0.25) is 0 Å². The molecular formula is C18H19N3O3. The van der Waals surface area contributed by atoms with Gasteiger partial charge in [0, 0.05) is 30.4 Å². The van der Waals surface area contributed by atoms with Gasteiger partial charge < -0.3 is 9.64 Å². The van der Waals surface area contributed by atoms with Gasteiger partial charge in [0.2, 0.25) is 0 Å². The topological polar surface area (TPSA) is 72.4 Å². The first-order valence-electron chi connectivity index (χ1n) is 7.88. The first-order valence-corrected chi connectivity index (χ1v) is 7.88. The largest absolute Gasteiger partial charge is 0.372 e. The number of ether oxygens (including phenoxy) is 1. The first kappa shape index (κ1) is 16.3. The van der Waals surface area contributed by atoms with Crippen molar-refractivity contribution in [1.82, 2.24) is 9.97 Å². The van der Waals surface area contributed by atoms with E-state index < -0.39 is 0 Å². The predicted molar refractivity (Wildman–Crippen MR) is 90.5 cm³/mol. The van der Waals surface area contributed by atoms with Crippen LogP contribution < -0.4 is 4.90 Å². The maximum atomic E-state index is 11.6. The third-order valence-corrected chi connectivity index (χ3v) is 3.98. The van der Waals surface area contributed by atoms with E-state index in [4.69, 9.17) is 4.74 Å². The highest BCUT2D eigenvalue weighted by atomic mass is 16.5. The number of nitrogens with zero attached hydrogens (tertiary/aromatic N) is 3. The highest BCUT2D eigenvalue weighted by molar-refractivity contribution is 5.86. The summed E-state index contributed by atoms with van der Waals surface area (Å²) in [6, 6.07) is 4.99. The number of morpholine rings is 1. The number of carbonyl (C=O) groups excluding carboxylic acids is 2. The standard InChI is InChI=1S/C18H19N3O3/c1-12-8-21(9-13(2)24-12)18-7-20-17(6-15(18)11-23)16-5-14(10-22)3-4-19-16/h3-7,10-13H,8-9H2,1-2H3/t12-,13+. The Balaban J connectivity index is 1.96. The molecule has 1 aliphatic heterocycles. The number of hydrogen-bond donors (Lipinski definition) is 0. The van der Waals surface area contributed by atoms with Crippen molar-refractivity contribution in [2.75, 3.05) is 18.0 Å². The molecule has 0 amide bonds. The Kier molecular flexibility index (Phi) is 4.66. The molecule has 0 unspecified atom stereocenters. The van der Waals surface area contributed by atoms with Crippen molar-refractivity contribution in [1.29, 1.82) is 0 Å². The summed E-state index contributed by atoms with van der Waals surface area (Å²) in [5, 5.41) is 0. The molecule has 1 aliphatic rings. The van der Waals surface area contributed by atoms with Gasteiger partial charge in [-0.3, -0.25) is 19.6 Å². The zero-order valence-corrected chi connectivity index (χ0v) is 13.7. The fourth-order valence-electron chi connectivity index (χ4n) is 3.00. The smallest absolute Gasteiger partial charge is 0.152 e. The summed E-state index contributed by atoms with van der Waals surface area (Å²) in [6.07, 6.45) is 5.03. The Labute approximate surface area is 140 Å². The van der Waals surface area contributed by atoms with E-state index in [-0.39, 0.29) is 12.2 Å². The van der Waals surface area contributed by atoms with E-state index in [0.717, 1.165) is 18.3 Å². The Morgan fingerprint density at radius 2 is 1.79 bits per heavy atom. The van der Waals surface area contributed by atoms with Crippen LogP contribution in [-0.2, 0) is 4.74 Å². The zero-order chi connectivity index (χ0) is 17.1. The van der Waals surface area contributed by atoms with Crippen molar-refractivity contribution in [2.24, 2.45) is 0 Å². The molecule has 24 heavy (non-hydrogen) atoms. The number of carbonyl (C=O) groups is 2. The van der Waals surface area contributed by atoms with Gasteiger partial charge >= 0.3 is 0 Å². The highest BCUT2D eigenvalue weighted by Gasteiger charge is 2.24. The molecule has 1 saturated heterocycles. The molecule has 0 radical (unpaired) electrons. The molecule has 124 valence electrons. The molecule has 0 spiro atoms. The van der Waals surface area contributed by atoms with Crippen LogP contribution in [0.5, 0.6) is 0 Å². The van der Waals surface area contributed by atoms with Crippen LogP contribution >= 0.6 is 0 Å². The molecule has 2 aromatic heterocycles. The maximum absolute atomic E-state index is 11.6. The molecule has 1 fully saturated rings. The summed E-state index contributed by atoms with van der Waals surface area (Å²) >= 11 is 0. The third-order valence-electron chi connectivity index (χ3n) is 3.98. The van der Waals surface area contributed by atoms with Gasteiger partial charge in [-0.25, -0.2) is 0 Å². The molecule has 2 atom stereocenters. The van der Waals surface area contributed by atoms with Gasteiger partial charge in [0.05, 0.1) is 35.5 Å². The summed E-state index contributed by atoms with van der Waals surface area (Å²) in [6.45, 7) is 5.45. The zero-order valence-electron chi connectivity index (χ0n) is 13.7. The van der Waals surface area contributed by atoms with Crippen LogP contribution in [0.3, 0.4) is 0 Å². The fraction of sp³-hybridized carbons (Fsp3) is 0.333. The van der Waals surface area contributed by atoms with Crippen LogP contribution in [0.25, 0.3) is 11.4 Å². The Hall–Kier alpha value is -2.60. The highest BCUT2D eigenvalue weighted by Crippen LogP contribution is 2.26. The molecule has 6 heteroatoms. The summed E-state index contributed by atoms with van der Waals surface area (Å²) in [5.41, 5.74) is 3.01. The Morgan fingerprint density at radius 1 is 1.08 bits per heavy atom. The van der Waals surface area contributed by atoms with Gasteiger partial charge in [-0.15, -0.1) is 0 Å². The maximum Gasteiger partial charge on any atom is 0.152 e. The summed E-state index contributed by atoms with van der Waals surface area (Å²) in [4.78, 5) is 33.3. The minimum atomic E-state index is 0.0962. The lowest BCUT2D eigenvalue weighted by atomic mass is 10.1. The number of rotatable bonds is 4. The number of hydrogen-bond acceptors (Lipinski definition) is 6. The monoisotopic (exact) mass is 325 g/mol. The number of aromatic nitrogens is 2. The molecule has 0 aliphatic carbocycles. The SMILES string of the molecule is C[C@@H]1CN(c2cnc(-c3cc(C=O)ccn3)cc2C=O)C[C@H](C)O1. The van der Waals surface area contributed by atoms with Gasteiger partial charge in [-0.2, -0.15) is 0 Å². The fourth-order valence-corrected chi connectivity index (χ4v) is 3.00. The molecule has 0 bridgehead atoms. The van der Waals surface area contributed by atoms with E-state index in [9.17, 15) is 9.59 Å². The van der Waals surface area contributed by atoms with Crippen molar-refractivity contribution in [3.63, 3.8) is 0 Å². The average molecular weight is 325 g/mol. The number of aldehydes is 2. The lowest BCUT2D eigenvalue weighted by Gasteiger charge is -2.37. The lowest BCUT2D eigenvalue weighted by molar-refractivity contribution is -0.00527. The van der Waals surface area contributed by atoms with Crippen LogP contribution in [0.15, 0.2) is 30.6 Å². The van der Waals surface area contributed by atoms with E-state index in [0.29, 0.717) is 35.6 Å².